The Morgan fingerprint density at radius 3 is 2.38 bits per heavy atom. The van der Waals surface area contributed by atoms with E-state index in [0.29, 0.717) is 11.5 Å². The van der Waals surface area contributed by atoms with E-state index in [-0.39, 0.29) is 12.5 Å². The minimum Gasteiger partial charge on any atom is -0.356 e. The number of nitrogens with one attached hydrogen (secondary N) is 1. The lowest BCUT2D eigenvalue weighted by Crippen LogP contribution is -2.40. The highest BCUT2D eigenvalue weighted by atomic mass is 16.5. The van der Waals surface area contributed by atoms with Gasteiger partial charge in [-0.3, -0.25) is 9.69 Å². The standard InChI is InChI=1S/C20H17N3O3/c1-20(15-10-6-3-7-11-15)18(24)23(19(25)21-20)13-16-12-17(26-22-16)14-8-4-2-5-9-14/h2-12H,13H2,1H3,(H,21,25). The molecule has 6 nitrogen and oxygen atoms in total. The van der Waals surface area contributed by atoms with E-state index in [9.17, 15) is 9.59 Å². The van der Waals surface area contributed by atoms with E-state index in [1.165, 1.54) is 4.90 Å². The number of nitrogens with zero attached hydrogens (tertiary/aromatic N) is 2. The number of rotatable bonds is 4. The summed E-state index contributed by atoms with van der Waals surface area (Å²) < 4.78 is 5.35. The predicted octanol–water partition coefficient (Wildman–Crippen LogP) is 3.31. The molecule has 0 spiro atoms. The van der Waals surface area contributed by atoms with Crippen molar-refractivity contribution in [3.63, 3.8) is 0 Å². The fourth-order valence-electron chi connectivity index (χ4n) is 3.09. The van der Waals surface area contributed by atoms with Crippen molar-refractivity contribution >= 4 is 11.9 Å². The van der Waals surface area contributed by atoms with Gasteiger partial charge in [-0.25, -0.2) is 4.79 Å². The zero-order valence-corrected chi connectivity index (χ0v) is 14.2. The quantitative estimate of drug-likeness (QED) is 0.735. The summed E-state index contributed by atoms with van der Waals surface area (Å²) >= 11 is 0. The first kappa shape index (κ1) is 16.1. The van der Waals surface area contributed by atoms with Crippen molar-refractivity contribution in [2.24, 2.45) is 0 Å². The van der Waals surface area contributed by atoms with E-state index < -0.39 is 11.6 Å². The van der Waals surface area contributed by atoms with Gasteiger partial charge in [-0.2, -0.15) is 0 Å². The van der Waals surface area contributed by atoms with Gasteiger partial charge in [-0.15, -0.1) is 0 Å². The van der Waals surface area contributed by atoms with Gasteiger partial charge in [0.2, 0.25) is 0 Å². The van der Waals surface area contributed by atoms with Gasteiger partial charge in [-0.05, 0) is 12.5 Å². The molecule has 2 heterocycles. The Hall–Kier alpha value is -3.41. The highest BCUT2D eigenvalue weighted by Crippen LogP contribution is 2.30. The van der Waals surface area contributed by atoms with Gasteiger partial charge >= 0.3 is 6.03 Å². The Balaban J connectivity index is 1.57. The van der Waals surface area contributed by atoms with Crippen LogP contribution >= 0.6 is 0 Å². The lowest BCUT2D eigenvalue weighted by molar-refractivity contribution is -0.131. The first-order valence-corrected chi connectivity index (χ1v) is 8.28. The Morgan fingerprint density at radius 1 is 1.04 bits per heavy atom. The van der Waals surface area contributed by atoms with Crippen molar-refractivity contribution in [1.29, 1.82) is 0 Å². The number of carbonyl (C=O) groups excluding carboxylic acids is 2. The summed E-state index contributed by atoms with van der Waals surface area (Å²) in [6.45, 7) is 1.77. The van der Waals surface area contributed by atoms with Crippen LogP contribution in [0, 0.1) is 0 Å². The molecule has 4 rings (SSSR count). The van der Waals surface area contributed by atoms with Crippen molar-refractivity contribution in [3.05, 3.63) is 78.0 Å². The summed E-state index contributed by atoms with van der Waals surface area (Å²) in [6.07, 6.45) is 0. The van der Waals surface area contributed by atoms with Crippen LogP contribution in [0.2, 0.25) is 0 Å². The van der Waals surface area contributed by atoms with Gasteiger partial charge < -0.3 is 9.84 Å². The molecule has 1 aliphatic rings. The zero-order valence-electron chi connectivity index (χ0n) is 14.2. The van der Waals surface area contributed by atoms with Crippen LogP contribution in [0.3, 0.4) is 0 Å². The molecule has 130 valence electrons. The second-order valence-electron chi connectivity index (χ2n) is 6.36. The molecule has 1 aliphatic heterocycles. The Bertz CT molecular complexity index is 953. The van der Waals surface area contributed by atoms with E-state index in [1.807, 2.05) is 60.7 Å². The average Bonchev–Trinajstić information content (AvgIpc) is 3.23. The van der Waals surface area contributed by atoms with Crippen LogP contribution in [0.25, 0.3) is 11.3 Å². The summed E-state index contributed by atoms with van der Waals surface area (Å²) in [4.78, 5) is 26.5. The molecule has 3 aromatic rings. The van der Waals surface area contributed by atoms with Crippen LogP contribution < -0.4 is 5.32 Å². The van der Waals surface area contributed by atoms with E-state index in [2.05, 4.69) is 10.5 Å². The molecule has 0 saturated carbocycles. The van der Waals surface area contributed by atoms with E-state index in [4.69, 9.17) is 4.52 Å². The maximum absolute atomic E-state index is 12.9. The monoisotopic (exact) mass is 347 g/mol. The van der Waals surface area contributed by atoms with Crippen LogP contribution in [-0.2, 0) is 16.9 Å². The van der Waals surface area contributed by atoms with E-state index >= 15 is 0 Å². The highest BCUT2D eigenvalue weighted by Gasteiger charge is 2.49. The third-order valence-corrected chi connectivity index (χ3v) is 4.56. The van der Waals surface area contributed by atoms with Crippen molar-refractivity contribution in [2.75, 3.05) is 0 Å². The molecule has 1 aromatic heterocycles. The van der Waals surface area contributed by atoms with Crippen molar-refractivity contribution in [1.82, 2.24) is 15.4 Å². The second kappa shape index (κ2) is 6.15. The first-order chi connectivity index (χ1) is 12.6. The molecule has 2 aromatic carbocycles. The van der Waals surface area contributed by atoms with Crippen LogP contribution in [-0.4, -0.2) is 22.0 Å². The number of hydrogen-bond donors (Lipinski definition) is 1. The molecule has 1 fully saturated rings. The third kappa shape index (κ3) is 2.65. The SMILES string of the molecule is CC1(c2ccccc2)NC(=O)N(Cc2cc(-c3ccccc3)on2)C1=O. The van der Waals surface area contributed by atoms with Gasteiger partial charge in [0.05, 0.1) is 6.54 Å². The Kier molecular flexibility index (Phi) is 3.80. The first-order valence-electron chi connectivity index (χ1n) is 8.28. The van der Waals surface area contributed by atoms with E-state index in [1.54, 1.807) is 13.0 Å². The molecule has 0 radical (unpaired) electrons. The fourth-order valence-corrected chi connectivity index (χ4v) is 3.09. The van der Waals surface area contributed by atoms with E-state index in [0.717, 1.165) is 11.1 Å². The lowest BCUT2D eigenvalue weighted by Gasteiger charge is -2.21. The predicted molar refractivity (Wildman–Crippen MR) is 94.8 cm³/mol. The van der Waals surface area contributed by atoms with Gasteiger partial charge in [-0.1, -0.05) is 65.8 Å². The molecule has 1 saturated heterocycles. The Morgan fingerprint density at radius 2 is 1.69 bits per heavy atom. The maximum atomic E-state index is 12.9. The normalized spacial score (nSPS) is 19.7. The molecule has 26 heavy (non-hydrogen) atoms. The van der Waals surface area contributed by atoms with Crippen LogP contribution in [0.4, 0.5) is 4.79 Å². The molecule has 1 atom stereocenters. The summed E-state index contributed by atoms with van der Waals surface area (Å²) in [5, 5.41) is 6.78. The lowest BCUT2D eigenvalue weighted by atomic mass is 9.92. The number of amides is 3. The van der Waals surface area contributed by atoms with Crippen LogP contribution in [0.1, 0.15) is 18.2 Å². The molecule has 0 aliphatic carbocycles. The number of hydrogen-bond acceptors (Lipinski definition) is 4. The number of imide groups is 1. The minimum atomic E-state index is -1.08. The molecular weight excluding hydrogens is 330 g/mol. The molecule has 1 N–H and O–H groups in total. The Labute approximate surface area is 150 Å². The van der Waals surface area contributed by atoms with Crippen LogP contribution in [0.15, 0.2) is 71.3 Å². The molecule has 1 unspecified atom stereocenters. The molecule has 6 heteroatoms. The molecule has 3 amide bonds. The summed E-state index contributed by atoms with van der Waals surface area (Å²) in [7, 11) is 0. The number of aromatic nitrogens is 1. The highest BCUT2D eigenvalue weighted by molar-refractivity contribution is 6.07. The summed E-state index contributed by atoms with van der Waals surface area (Å²) in [5.74, 6) is 0.288. The van der Waals surface area contributed by atoms with Gasteiger partial charge in [0, 0.05) is 11.6 Å². The molecule has 0 bridgehead atoms. The number of benzene rings is 2. The maximum Gasteiger partial charge on any atom is 0.325 e. The molecular formula is C20H17N3O3. The third-order valence-electron chi connectivity index (χ3n) is 4.56. The van der Waals surface area contributed by atoms with Crippen molar-refractivity contribution in [3.8, 4) is 11.3 Å². The zero-order chi connectivity index (χ0) is 18.1. The number of urea groups is 1. The minimum absolute atomic E-state index is 0.0590. The summed E-state index contributed by atoms with van der Waals surface area (Å²) in [6, 6.07) is 20.0. The van der Waals surface area contributed by atoms with Gasteiger partial charge in [0.15, 0.2) is 5.76 Å². The van der Waals surface area contributed by atoms with Crippen molar-refractivity contribution < 1.29 is 14.1 Å². The average molecular weight is 347 g/mol. The van der Waals surface area contributed by atoms with Gasteiger partial charge in [0.1, 0.15) is 11.2 Å². The second-order valence-corrected chi connectivity index (χ2v) is 6.36. The van der Waals surface area contributed by atoms with Gasteiger partial charge in [0.25, 0.3) is 5.91 Å². The van der Waals surface area contributed by atoms with Crippen molar-refractivity contribution in [2.45, 2.75) is 19.0 Å². The smallest absolute Gasteiger partial charge is 0.325 e. The topological polar surface area (TPSA) is 75.4 Å². The summed E-state index contributed by atoms with van der Waals surface area (Å²) in [5.41, 5.74) is 1.07. The number of carbonyl (C=O) groups is 2. The largest absolute Gasteiger partial charge is 0.356 e. The fraction of sp³-hybridized carbons (Fsp3) is 0.150. The van der Waals surface area contributed by atoms with Crippen LogP contribution in [0.5, 0.6) is 0 Å².